The molecule has 144 valence electrons. The Balaban J connectivity index is 1.50. The number of amides is 1. The second-order valence-electron chi connectivity index (χ2n) is 7.78. The van der Waals surface area contributed by atoms with Crippen LogP contribution in [0.2, 0.25) is 0 Å². The van der Waals surface area contributed by atoms with Gasteiger partial charge in [0.1, 0.15) is 18.0 Å². The normalized spacial score (nSPS) is 26.6. The maximum Gasteiger partial charge on any atom is 0.256 e. The molecule has 2 aliphatic rings. The lowest BCUT2D eigenvalue weighted by Gasteiger charge is -2.37. The molecule has 1 aliphatic carbocycles. The number of likely N-dealkylation sites (tertiary alicyclic amines) is 1. The van der Waals surface area contributed by atoms with Gasteiger partial charge in [-0.15, -0.1) is 0 Å². The molecule has 0 spiro atoms. The fourth-order valence-electron chi connectivity index (χ4n) is 4.17. The number of hydrogen-bond acceptors (Lipinski definition) is 4. The Morgan fingerprint density at radius 3 is 2.62 bits per heavy atom. The van der Waals surface area contributed by atoms with Crippen molar-refractivity contribution in [3.63, 3.8) is 0 Å². The molecule has 0 bridgehead atoms. The molecule has 1 heterocycles. The van der Waals surface area contributed by atoms with E-state index < -0.39 is 5.60 Å². The van der Waals surface area contributed by atoms with Crippen LogP contribution in [-0.4, -0.2) is 49.8 Å². The number of carbonyl (C=O) groups is 1. The standard InChI is InChI=1S/C21H32N2O3/c1-17-6-5-11-21(16-17,25-2)20(24)22-18-7-9-19(10-8-18)26-15-14-23-12-3-4-13-23/h7-10,17H,3-6,11-16H2,1-2H3,(H,22,24)/t17-,21+/m1/s1. The second kappa shape index (κ2) is 8.87. The quantitative estimate of drug-likeness (QED) is 0.806. The molecule has 1 aliphatic heterocycles. The highest BCUT2D eigenvalue weighted by molar-refractivity contribution is 5.97. The lowest BCUT2D eigenvalue weighted by Crippen LogP contribution is -2.47. The molecule has 1 N–H and O–H groups in total. The van der Waals surface area contributed by atoms with Gasteiger partial charge in [-0.05, 0) is 75.4 Å². The van der Waals surface area contributed by atoms with E-state index in [1.807, 2.05) is 24.3 Å². The third-order valence-corrected chi connectivity index (χ3v) is 5.75. The minimum Gasteiger partial charge on any atom is -0.492 e. The first-order valence-electron chi connectivity index (χ1n) is 9.93. The lowest BCUT2D eigenvalue weighted by molar-refractivity contribution is -0.143. The maximum absolute atomic E-state index is 12.8. The summed E-state index contributed by atoms with van der Waals surface area (Å²) in [5.74, 6) is 1.32. The van der Waals surface area contributed by atoms with Crippen LogP contribution in [-0.2, 0) is 9.53 Å². The van der Waals surface area contributed by atoms with E-state index in [-0.39, 0.29) is 5.91 Å². The summed E-state index contributed by atoms with van der Waals surface area (Å²) < 4.78 is 11.5. The summed E-state index contributed by atoms with van der Waals surface area (Å²) in [6.45, 7) is 6.25. The number of hydrogen-bond donors (Lipinski definition) is 1. The number of ether oxygens (including phenoxy) is 2. The van der Waals surface area contributed by atoms with Crippen molar-refractivity contribution in [3.05, 3.63) is 24.3 Å². The van der Waals surface area contributed by atoms with Crippen LogP contribution in [0.3, 0.4) is 0 Å². The van der Waals surface area contributed by atoms with Crippen LogP contribution in [0.1, 0.15) is 45.4 Å². The largest absolute Gasteiger partial charge is 0.492 e. The Hall–Kier alpha value is -1.59. The van der Waals surface area contributed by atoms with Crippen molar-refractivity contribution in [3.8, 4) is 5.75 Å². The highest BCUT2D eigenvalue weighted by Gasteiger charge is 2.41. The first-order valence-corrected chi connectivity index (χ1v) is 9.93. The summed E-state index contributed by atoms with van der Waals surface area (Å²) in [5, 5.41) is 3.02. The van der Waals surface area contributed by atoms with Crippen LogP contribution >= 0.6 is 0 Å². The Morgan fingerprint density at radius 1 is 1.23 bits per heavy atom. The highest BCUT2D eigenvalue weighted by Crippen LogP contribution is 2.35. The van der Waals surface area contributed by atoms with E-state index in [4.69, 9.17) is 9.47 Å². The summed E-state index contributed by atoms with van der Waals surface area (Å²) in [7, 11) is 1.65. The van der Waals surface area contributed by atoms with E-state index in [2.05, 4.69) is 17.1 Å². The van der Waals surface area contributed by atoms with E-state index in [0.29, 0.717) is 12.5 Å². The smallest absolute Gasteiger partial charge is 0.256 e. The van der Waals surface area contributed by atoms with Crippen molar-refractivity contribution in [2.75, 3.05) is 38.7 Å². The van der Waals surface area contributed by atoms with Crippen molar-refractivity contribution in [2.45, 2.75) is 51.0 Å². The van der Waals surface area contributed by atoms with Gasteiger partial charge in [-0.25, -0.2) is 0 Å². The molecular formula is C21H32N2O3. The summed E-state index contributed by atoms with van der Waals surface area (Å²) >= 11 is 0. The van der Waals surface area contributed by atoms with E-state index in [1.54, 1.807) is 7.11 Å². The SMILES string of the molecule is CO[C@@]1(C(=O)Nc2ccc(OCCN3CCCC3)cc2)CCC[C@@H](C)C1. The Kier molecular flexibility index (Phi) is 6.54. The number of nitrogens with one attached hydrogen (secondary N) is 1. The van der Waals surface area contributed by atoms with Crippen molar-refractivity contribution < 1.29 is 14.3 Å². The first kappa shape index (κ1) is 19.2. The van der Waals surface area contributed by atoms with Crippen molar-refractivity contribution in [1.29, 1.82) is 0 Å². The molecule has 26 heavy (non-hydrogen) atoms. The molecular weight excluding hydrogens is 328 g/mol. The number of anilines is 1. The second-order valence-corrected chi connectivity index (χ2v) is 7.78. The molecule has 0 aromatic heterocycles. The highest BCUT2D eigenvalue weighted by atomic mass is 16.5. The monoisotopic (exact) mass is 360 g/mol. The van der Waals surface area contributed by atoms with Gasteiger partial charge in [-0.1, -0.05) is 13.3 Å². The predicted octanol–water partition coefficient (Wildman–Crippen LogP) is 3.70. The fraction of sp³-hybridized carbons (Fsp3) is 0.667. The third kappa shape index (κ3) is 4.77. The third-order valence-electron chi connectivity index (χ3n) is 5.75. The van der Waals surface area contributed by atoms with E-state index in [1.165, 1.54) is 32.4 Å². The number of rotatable bonds is 7. The van der Waals surface area contributed by atoms with Gasteiger partial charge in [0.05, 0.1) is 0 Å². The average Bonchev–Trinajstić information content (AvgIpc) is 3.16. The summed E-state index contributed by atoms with van der Waals surface area (Å²) in [6.07, 6.45) is 6.38. The first-order chi connectivity index (χ1) is 12.6. The van der Waals surface area contributed by atoms with Gasteiger partial charge in [0.15, 0.2) is 0 Å². The van der Waals surface area contributed by atoms with Gasteiger partial charge in [0.2, 0.25) is 0 Å². The molecule has 1 saturated heterocycles. The molecule has 5 heteroatoms. The van der Waals surface area contributed by atoms with Crippen LogP contribution in [0.4, 0.5) is 5.69 Å². The van der Waals surface area contributed by atoms with Crippen molar-refractivity contribution in [1.82, 2.24) is 4.90 Å². The Morgan fingerprint density at radius 2 is 1.96 bits per heavy atom. The van der Waals surface area contributed by atoms with Crippen LogP contribution in [0, 0.1) is 5.92 Å². The molecule has 1 aromatic carbocycles. The van der Waals surface area contributed by atoms with Gasteiger partial charge < -0.3 is 14.8 Å². The van der Waals surface area contributed by atoms with E-state index >= 15 is 0 Å². The van der Waals surface area contributed by atoms with Crippen molar-refractivity contribution in [2.24, 2.45) is 5.92 Å². The van der Waals surface area contributed by atoms with E-state index in [0.717, 1.165) is 37.2 Å². The van der Waals surface area contributed by atoms with Crippen molar-refractivity contribution >= 4 is 11.6 Å². The zero-order valence-corrected chi connectivity index (χ0v) is 16.1. The number of carbonyl (C=O) groups excluding carboxylic acids is 1. The van der Waals surface area contributed by atoms with Crippen LogP contribution in [0.5, 0.6) is 5.75 Å². The Labute approximate surface area is 157 Å². The van der Waals surface area contributed by atoms with Gasteiger partial charge >= 0.3 is 0 Å². The molecule has 2 atom stereocenters. The number of benzene rings is 1. The Bertz CT molecular complexity index is 583. The predicted molar refractivity (Wildman–Crippen MR) is 104 cm³/mol. The van der Waals surface area contributed by atoms with Crippen LogP contribution in [0.25, 0.3) is 0 Å². The average molecular weight is 360 g/mol. The van der Waals surface area contributed by atoms with E-state index in [9.17, 15) is 4.79 Å². The summed E-state index contributed by atoms with van der Waals surface area (Å²) in [6, 6.07) is 7.64. The van der Waals surface area contributed by atoms with Gasteiger partial charge in [0, 0.05) is 19.3 Å². The number of nitrogens with zero attached hydrogens (tertiary/aromatic N) is 1. The molecule has 1 aromatic rings. The topological polar surface area (TPSA) is 50.8 Å². The summed E-state index contributed by atoms with van der Waals surface area (Å²) in [5.41, 5.74) is 0.0966. The number of methoxy groups -OCH3 is 1. The van der Waals surface area contributed by atoms with Crippen LogP contribution in [0.15, 0.2) is 24.3 Å². The van der Waals surface area contributed by atoms with Gasteiger partial charge in [-0.2, -0.15) is 0 Å². The minimum atomic E-state index is -0.692. The molecule has 5 nitrogen and oxygen atoms in total. The lowest BCUT2D eigenvalue weighted by atomic mass is 9.78. The van der Waals surface area contributed by atoms with Gasteiger partial charge in [0.25, 0.3) is 5.91 Å². The maximum atomic E-state index is 12.8. The molecule has 0 unspecified atom stereocenters. The van der Waals surface area contributed by atoms with Crippen LogP contribution < -0.4 is 10.1 Å². The molecule has 2 fully saturated rings. The molecule has 1 saturated carbocycles. The molecule has 0 radical (unpaired) electrons. The zero-order valence-electron chi connectivity index (χ0n) is 16.1. The fourth-order valence-corrected chi connectivity index (χ4v) is 4.17. The summed E-state index contributed by atoms with van der Waals surface area (Å²) in [4.78, 5) is 15.2. The molecule has 3 rings (SSSR count). The van der Waals surface area contributed by atoms with Gasteiger partial charge in [-0.3, -0.25) is 9.69 Å². The zero-order chi connectivity index (χ0) is 18.4. The molecule has 1 amide bonds. The minimum absolute atomic E-state index is 0.0331.